The molecule has 112 valence electrons. The van der Waals surface area contributed by atoms with Crippen LogP contribution in [0, 0.1) is 5.92 Å². The average Bonchev–Trinajstić information content (AvgIpc) is 2.45. The Hall–Kier alpha value is -0.180. The molecule has 1 aromatic rings. The Morgan fingerprint density at radius 3 is 2.85 bits per heavy atom. The van der Waals surface area contributed by atoms with Crippen molar-refractivity contribution < 1.29 is 0 Å². The summed E-state index contributed by atoms with van der Waals surface area (Å²) in [7, 11) is 0. The van der Waals surface area contributed by atoms with Crippen LogP contribution in [0.2, 0.25) is 5.02 Å². The molecule has 0 bridgehead atoms. The van der Waals surface area contributed by atoms with Crippen LogP contribution in [0.15, 0.2) is 24.3 Å². The summed E-state index contributed by atoms with van der Waals surface area (Å²) in [5.74, 6) is 1.89. The summed E-state index contributed by atoms with van der Waals surface area (Å²) < 4.78 is 0. The quantitative estimate of drug-likeness (QED) is 0.781. The lowest BCUT2D eigenvalue weighted by Crippen LogP contribution is -2.42. The molecule has 1 nitrogen and oxygen atoms in total. The summed E-state index contributed by atoms with van der Waals surface area (Å²) in [4.78, 5) is 0. The van der Waals surface area contributed by atoms with E-state index in [9.17, 15) is 0 Å². The third-order valence-corrected chi connectivity index (χ3v) is 5.92. The lowest BCUT2D eigenvalue weighted by atomic mass is 9.87. The van der Waals surface area contributed by atoms with Gasteiger partial charge in [0.2, 0.25) is 0 Å². The molecular formula is C17H26ClNS. The van der Waals surface area contributed by atoms with Crippen LogP contribution in [-0.2, 0) is 5.75 Å². The minimum absolute atomic E-state index is 0.679. The van der Waals surface area contributed by atoms with Crippen LogP contribution in [0.3, 0.4) is 0 Å². The number of halogens is 1. The van der Waals surface area contributed by atoms with Crippen molar-refractivity contribution in [3.05, 3.63) is 34.9 Å². The van der Waals surface area contributed by atoms with Crippen molar-refractivity contribution >= 4 is 23.4 Å². The largest absolute Gasteiger partial charge is 0.313 e. The molecule has 0 aromatic heterocycles. The van der Waals surface area contributed by atoms with Crippen LogP contribution < -0.4 is 5.32 Å². The maximum absolute atomic E-state index is 6.26. The molecular weight excluding hydrogens is 286 g/mol. The molecule has 0 radical (unpaired) electrons. The zero-order valence-corrected chi connectivity index (χ0v) is 14.1. The van der Waals surface area contributed by atoms with E-state index in [4.69, 9.17) is 11.6 Å². The molecule has 0 heterocycles. The third kappa shape index (κ3) is 4.68. The van der Waals surface area contributed by atoms with Gasteiger partial charge in [-0.05, 0) is 49.8 Å². The van der Waals surface area contributed by atoms with Crippen molar-refractivity contribution in [2.24, 2.45) is 5.92 Å². The monoisotopic (exact) mass is 311 g/mol. The molecule has 3 atom stereocenters. The molecule has 0 spiro atoms. The highest BCUT2D eigenvalue weighted by atomic mass is 35.5. The van der Waals surface area contributed by atoms with Crippen molar-refractivity contribution in [1.82, 2.24) is 5.32 Å². The van der Waals surface area contributed by atoms with Crippen molar-refractivity contribution in [2.45, 2.75) is 56.6 Å². The Morgan fingerprint density at radius 1 is 1.30 bits per heavy atom. The number of hydrogen-bond acceptors (Lipinski definition) is 2. The van der Waals surface area contributed by atoms with Crippen molar-refractivity contribution in [1.29, 1.82) is 0 Å². The summed E-state index contributed by atoms with van der Waals surface area (Å²) in [5, 5.41) is 5.37. The van der Waals surface area contributed by atoms with Crippen LogP contribution in [0.1, 0.15) is 45.1 Å². The van der Waals surface area contributed by atoms with E-state index in [0.29, 0.717) is 6.04 Å². The van der Waals surface area contributed by atoms with E-state index in [-0.39, 0.29) is 0 Å². The predicted molar refractivity (Wildman–Crippen MR) is 91.6 cm³/mol. The minimum atomic E-state index is 0.679. The lowest BCUT2D eigenvalue weighted by molar-refractivity contribution is 0.317. The molecule has 1 aliphatic rings. The van der Waals surface area contributed by atoms with E-state index in [1.807, 2.05) is 12.1 Å². The van der Waals surface area contributed by atoms with Gasteiger partial charge < -0.3 is 5.32 Å². The van der Waals surface area contributed by atoms with Gasteiger partial charge in [-0.15, -0.1) is 0 Å². The molecule has 1 aliphatic carbocycles. The average molecular weight is 312 g/mol. The highest BCUT2D eigenvalue weighted by Gasteiger charge is 2.28. The number of rotatable bonds is 6. The van der Waals surface area contributed by atoms with Crippen LogP contribution in [0.25, 0.3) is 0 Å². The molecule has 0 saturated heterocycles. The summed E-state index contributed by atoms with van der Waals surface area (Å²) in [6.07, 6.45) is 5.23. The van der Waals surface area contributed by atoms with Crippen LogP contribution in [0.5, 0.6) is 0 Å². The van der Waals surface area contributed by atoms with Crippen molar-refractivity contribution in [2.75, 3.05) is 6.54 Å². The first kappa shape index (κ1) is 16.2. The fourth-order valence-corrected chi connectivity index (χ4v) is 4.74. The third-order valence-electron chi connectivity index (χ3n) is 4.12. The van der Waals surface area contributed by atoms with Gasteiger partial charge in [-0.25, -0.2) is 0 Å². The maximum Gasteiger partial charge on any atom is 0.0446 e. The van der Waals surface area contributed by atoms with Gasteiger partial charge in [0.05, 0.1) is 0 Å². The van der Waals surface area contributed by atoms with Gasteiger partial charge in [0.1, 0.15) is 0 Å². The molecule has 1 aromatic carbocycles. The first-order valence-electron chi connectivity index (χ1n) is 7.79. The van der Waals surface area contributed by atoms with Gasteiger partial charge in [-0.1, -0.05) is 43.6 Å². The number of hydrogen-bond donors (Lipinski definition) is 1. The van der Waals surface area contributed by atoms with E-state index in [1.54, 1.807) is 0 Å². The van der Waals surface area contributed by atoms with Gasteiger partial charge in [-0.2, -0.15) is 11.8 Å². The molecule has 20 heavy (non-hydrogen) atoms. The Labute approximate surface area is 132 Å². The van der Waals surface area contributed by atoms with Gasteiger partial charge in [0, 0.05) is 22.1 Å². The van der Waals surface area contributed by atoms with E-state index < -0.39 is 0 Å². The number of nitrogens with one attached hydrogen (secondary N) is 1. The maximum atomic E-state index is 6.26. The lowest BCUT2D eigenvalue weighted by Gasteiger charge is -2.35. The minimum Gasteiger partial charge on any atom is -0.313 e. The van der Waals surface area contributed by atoms with E-state index in [0.717, 1.165) is 28.5 Å². The van der Waals surface area contributed by atoms with Crippen molar-refractivity contribution in [3.8, 4) is 0 Å². The zero-order chi connectivity index (χ0) is 14.4. The van der Waals surface area contributed by atoms with Crippen LogP contribution >= 0.6 is 23.4 Å². The Morgan fingerprint density at radius 2 is 2.10 bits per heavy atom. The number of thioether (sulfide) groups is 1. The van der Waals surface area contributed by atoms with Gasteiger partial charge >= 0.3 is 0 Å². The van der Waals surface area contributed by atoms with Crippen LogP contribution in [-0.4, -0.2) is 17.8 Å². The summed E-state index contributed by atoms with van der Waals surface area (Å²) in [6.45, 7) is 5.77. The van der Waals surface area contributed by atoms with E-state index in [1.165, 1.54) is 31.2 Å². The zero-order valence-electron chi connectivity index (χ0n) is 12.6. The first-order chi connectivity index (χ1) is 9.70. The number of benzene rings is 1. The smallest absolute Gasteiger partial charge is 0.0446 e. The Kier molecular flexibility index (Phi) is 6.73. The highest BCUT2D eigenvalue weighted by Crippen LogP contribution is 2.35. The van der Waals surface area contributed by atoms with Gasteiger partial charge in [0.25, 0.3) is 0 Å². The van der Waals surface area contributed by atoms with Crippen LogP contribution in [0.4, 0.5) is 0 Å². The molecule has 0 amide bonds. The molecule has 1 saturated carbocycles. The van der Waals surface area contributed by atoms with Gasteiger partial charge in [0.15, 0.2) is 0 Å². The fraction of sp³-hybridized carbons (Fsp3) is 0.647. The van der Waals surface area contributed by atoms with Crippen molar-refractivity contribution in [3.63, 3.8) is 0 Å². The second-order valence-electron chi connectivity index (χ2n) is 5.92. The summed E-state index contributed by atoms with van der Waals surface area (Å²) in [5.41, 5.74) is 1.27. The molecule has 2 rings (SSSR count). The second-order valence-corrected chi connectivity index (χ2v) is 7.55. The van der Waals surface area contributed by atoms with E-state index in [2.05, 4.69) is 43.1 Å². The topological polar surface area (TPSA) is 12.0 Å². The second kappa shape index (κ2) is 8.31. The fourth-order valence-electron chi connectivity index (χ4n) is 2.89. The Balaban J connectivity index is 1.91. The SMILES string of the molecule is CCCNC1CCC(C)CC1SCc1ccccc1Cl. The normalized spacial score (nSPS) is 26.6. The first-order valence-corrected chi connectivity index (χ1v) is 9.21. The summed E-state index contributed by atoms with van der Waals surface area (Å²) >= 11 is 8.34. The molecule has 3 heteroatoms. The van der Waals surface area contributed by atoms with Gasteiger partial charge in [-0.3, -0.25) is 0 Å². The highest BCUT2D eigenvalue weighted by molar-refractivity contribution is 7.99. The van der Waals surface area contributed by atoms with E-state index >= 15 is 0 Å². The molecule has 0 aliphatic heterocycles. The Bertz CT molecular complexity index is 408. The molecule has 1 N–H and O–H groups in total. The predicted octanol–water partition coefficient (Wildman–Crippen LogP) is 5.13. The molecule has 1 fully saturated rings. The summed E-state index contributed by atoms with van der Waals surface area (Å²) in [6, 6.07) is 8.91. The molecule has 3 unspecified atom stereocenters. The standard InChI is InChI=1S/C17H26ClNS/c1-3-10-19-16-9-8-13(2)11-17(16)20-12-14-6-4-5-7-15(14)18/h4-7,13,16-17,19H,3,8-12H2,1-2H3.